The van der Waals surface area contributed by atoms with Crippen molar-refractivity contribution in [1.82, 2.24) is 25.3 Å². The van der Waals surface area contributed by atoms with Gasteiger partial charge in [-0.05, 0) is 51.3 Å². The number of fused-ring (bicyclic) bond motifs is 1. The Bertz CT molecular complexity index is 694. The first kappa shape index (κ1) is 15.0. The second-order valence-corrected chi connectivity index (χ2v) is 7.84. The number of aromatic nitrogens is 4. The molecule has 0 atom stereocenters. The van der Waals surface area contributed by atoms with Crippen molar-refractivity contribution in [3.63, 3.8) is 0 Å². The van der Waals surface area contributed by atoms with E-state index < -0.39 is 0 Å². The first-order valence-corrected chi connectivity index (χ1v) is 9.10. The molecule has 1 saturated heterocycles. The quantitative estimate of drug-likeness (QED) is 0.852. The molecule has 1 fully saturated rings. The molecule has 7 heteroatoms. The summed E-state index contributed by atoms with van der Waals surface area (Å²) in [5.74, 6) is 1.04. The van der Waals surface area contributed by atoms with Crippen LogP contribution in [0.4, 0.5) is 5.82 Å². The molecule has 1 aliphatic carbocycles. The Morgan fingerprint density at radius 2 is 2.00 bits per heavy atom. The minimum atomic E-state index is 0.553. The van der Waals surface area contributed by atoms with E-state index in [0.29, 0.717) is 6.04 Å². The third-order valence-electron chi connectivity index (χ3n) is 4.82. The van der Waals surface area contributed by atoms with E-state index in [-0.39, 0.29) is 0 Å². The minimum Gasteiger partial charge on any atom is -0.352 e. The molecule has 23 heavy (non-hydrogen) atoms. The molecule has 0 bridgehead atoms. The summed E-state index contributed by atoms with van der Waals surface area (Å²) < 4.78 is 0. The smallest absolute Gasteiger partial charge is 0.151 e. The molecule has 0 aromatic carbocycles. The van der Waals surface area contributed by atoms with Gasteiger partial charge in [-0.25, -0.2) is 0 Å². The second-order valence-electron chi connectivity index (χ2n) is 6.57. The topological polar surface area (TPSA) is 58.0 Å². The zero-order valence-electron chi connectivity index (χ0n) is 13.7. The molecule has 6 nitrogen and oxygen atoms in total. The van der Waals surface area contributed by atoms with Gasteiger partial charge in [0.05, 0.1) is 12.2 Å². The highest BCUT2D eigenvalue weighted by Gasteiger charge is 2.32. The van der Waals surface area contributed by atoms with Gasteiger partial charge in [-0.15, -0.1) is 26.6 Å². The van der Waals surface area contributed by atoms with E-state index in [1.54, 1.807) is 11.3 Å². The number of hydrogen-bond acceptors (Lipinski definition) is 7. The predicted molar refractivity (Wildman–Crippen MR) is 90.8 cm³/mol. The van der Waals surface area contributed by atoms with Crippen LogP contribution in [0.1, 0.15) is 34.1 Å². The number of anilines is 1. The molecule has 0 spiro atoms. The summed E-state index contributed by atoms with van der Waals surface area (Å²) in [6.45, 7) is 4.91. The van der Waals surface area contributed by atoms with Gasteiger partial charge in [-0.1, -0.05) is 0 Å². The van der Waals surface area contributed by atoms with Crippen LogP contribution in [0.5, 0.6) is 0 Å². The largest absolute Gasteiger partial charge is 0.352 e. The number of aryl methyl sites for hydroxylation is 3. The average molecular weight is 330 g/mol. The Morgan fingerprint density at radius 3 is 2.78 bits per heavy atom. The van der Waals surface area contributed by atoms with Crippen LogP contribution in [-0.2, 0) is 19.4 Å². The van der Waals surface area contributed by atoms with Crippen molar-refractivity contribution in [2.24, 2.45) is 0 Å². The van der Waals surface area contributed by atoms with E-state index in [4.69, 9.17) is 0 Å². The summed E-state index contributed by atoms with van der Waals surface area (Å²) >= 11 is 1.68. The van der Waals surface area contributed by atoms with Gasteiger partial charge in [0.25, 0.3) is 0 Å². The Balaban J connectivity index is 1.35. The van der Waals surface area contributed by atoms with Gasteiger partial charge < -0.3 is 4.90 Å². The van der Waals surface area contributed by atoms with E-state index in [9.17, 15) is 0 Å². The maximum atomic E-state index is 4.44. The third-order valence-corrected chi connectivity index (χ3v) is 5.64. The Kier molecular flexibility index (Phi) is 3.98. The Hall–Kier alpha value is -1.60. The van der Waals surface area contributed by atoms with E-state index in [2.05, 4.69) is 43.3 Å². The summed E-state index contributed by atoms with van der Waals surface area (Å²) in [5, 5.41) is 19.3. The monoisotopic (exact) mass is 330 g/mol. The lowest BCUT2D eigenvalue weighted by Crippen LogP contribution is -2.58. The van der Waals surface area contributed by atoms with Crippen molar-refractivity contribution in [2.75, 3.05) is 25.0 Å². The molecule has 0 N–H and O–H groups in total. The first-order valence-electron chi connectivity index (χ1n) is 8.28. The van der Waals surface area contributed by atoms with Gasteiger partial charge in [0, 0.05) is 19.1 Å². The summed E-state index contributed by atoms with van der Waals surface area (Å²) in [5.41, 5.74) is 2.61. The molecule has 1 aliphatic heterocycles. The SMILES string of the molecule is Cc1nnc(CN(C)C2CN(c3cc4c(nn3)CCCC4)C2)s1. The second kappa shape index (κ2) is 6.13. The summed E-state index contributed by atoms with van der Waals surface area (Å²) in [6, 6.07) is 2.81. The molecule has 0 amide bonds. The minimum absolute atomic E-state index is 0.553. The molecule has 0 saturated carbocycles. The number of likely N-dealkylation sites (N-methyl/N-ethyl adjacent to an activating group) is 1. The highest BCUT2D eigenvalue weighted by atomic mass is 32.1. The molecule has 0 unspecified atom stereocenters. The van der Waals surface area contributed by atoms with E-state index in [1.807, 2.05) is 6.92 Å². The zero-order chi connectivity index (χ0) is 15.8. The summed E-state index contributed by atoms with van der Waals surface area (Å²) in [6.07, 6.45) is 4.79. The Labute approximate surface area is 140 Å². The maximum Gasteiger partial charge on any atom is 0.151 e. The Morgan fingerprint density at radius 1 is 1.17 bits per heavy atom. The number of hydrogen-bond donors (Lipinski definition) is 0. The molecule has 2 aliphatic rings. The molecule has 3 heterocycles. The molecular weight excluding hydrogens is 308 g/mol. The fraction of sp³-hybridized carbons (Fsp3) is 0.625. The fourth-order valence-electron chi connectivity index (χ4n) is 3.30. The molecule has 2 aromatic heterocycles. The molecular formula is C16H22N6S. The van der Waals surface area contributed by atoms with Crippen LogP contribution in [0.25, 0.3) is 0 Å². The third kappa shape index (κ3) is 3.07. The van der Waals surface area contributed by atoms with Gasteiger partial charge >= 0.3 is 0 Å². The van der Waals surface area contributed by atoms with Gasteiger partial charge in [-0.3, -0.25) is 4.90 Å². The molecule has 2 aromatic rings. The lowest BCUT2D eigenvalue weighted by Gasteiger charge is -2.44. The zero-order valence-corrected chi connectivity index (χ0v) is 14.5. The van der Waals surface area contributed by atoms with Crippen LogP contribution in [0.3, 0.4) is 0 Å². The van der Waals surface area contributed by atoms with Crippen molar-refractivity contribution < 1.29 is 0 Å². The van der Waals surface area contributed by atoms with Gasteiger partial charge in [0.2, 0.25) is 0 Å². The molecule has 122 valence electrons. The van der Waals surface area contributed by atoms with Crippen LogP contribution in [0.15, 0.2) is 6.07 Å². The van der Waals surface area contributed by atoms with Crippen molar-refractivity contribution in [2.45, 2.75) is 45.2 Å². The van der Waals surface area contributed by atoms with Crippen LogP contribution >= 0.6 is 11.3 Å². The van der Waals surface area contributed by atoms with Crippen molar-refractivity contribution in [3.8, 4) is 0 Å². The fourth-order valence-corrected chi connectivity index (χ4v) is 4.07. The van der Waals surface area contributed by atoms with Crippen LogP contribution in [-0.4, -0.2) is 51.5 Å². The lowest BCUT2D eigenvalue weighted by atomic mass is 9.96. The standard InChI is InChI=1S/C16H22N6S/c1-11-17-20-16(23-11)10-21(2)13-8-22(9-13)15-7-12-5-3-4-6-14(12)18-19-15/h7,13H,3-6,8-10H2,1-2H3. The van der Waals surface area contributed by atoms with Crippen LogP contribution in [0.2, 0.25) is 0 Å². The summed E-state index contributed by atoms with van der Waals surface area (Å²) in [4.78, 5) is 4.69. The lowest BCUT2D eigenvalue weighted by molar-refractivity contribution is 0.196. The first-order chi connectivity index (χ1) is 11.2. The molecule has 0 radical (unpaired) electrons. The van der Waals surface area contributed by atoms with E-state index in [1.165, 1.54) is 24.1 Å². The van der Waals surface area contributed by atoms with Gasteiger partial charge in [0.1, 0.15) is 10.0 Å². The van der Waals surface area contributed by atoms with E-state index in [0.717, 1.165) is 48.3 Å². The van der Waals surface area contributed by atoms with Crippen molar-refractivity contribution in [3.05, 3.63) is 27.3 Å². The van der Waals surface area contributed by atoms with Gasteiger partial charge in [0.15, 0.2) is 5.82 Å². The number of nitrogens with zero attached hydrogens (tertiary/aromatic N) is 6. The highest BCUT2D eigenvalue weighted by Crippen LogP contribution is 2.26. The summed E-state index contributed by atoms with van der Waals surface area (Å²) in [7, 11) is 2.16. The van der Waals surface area contributed by atoms with Crippen molar-refractivity contribution >= 4 is 17.2 Å². The normalized spacial score (nSPS) is 18.1. The van der Waals surface area contributed by atoms with Gasteiger partial charge in [-0.2, -0.15) is 5.10 Å². The average Bonchev–Trinajstić information content (AvgIpc) is 2.90. The maximum absolute atomic E-state index is 4.44. The number of rotatable bonds is 4. The van der Waals surface area contributed by atoms with Crippen LogP contribution < -0.4 is 4.90 Å². The molecule has 4 rings (SSSR count). The van der Waals surface area contributed by atoms with E-state index >= 15 is 0 Å². The van der Waals surface area contributed by atoms with Crippen LogP contribution in [0, 0.1) is 6.92 Å². The van der Waals surface area contributed by atoms with Crippen molar-refractivity contribution in [1.29, 1.82) is 0 Å². The predicted octanol–water partition coefficient (Wildman–Crippen LogP) is 1.84. The highest BCUT2D eigenvalue weighted by molar-refractivity contribution is 7.11.